The molecule has 0 radical (unpaired) electrons. The van der Waals surface area contributed by atoms with Gasteiger partial charge in [-0.05, 0) is 67.8 Å². The molecule has 0 spiro atoms. The van der Waals surface area contributed by atoms with Crippen LogP contribution < -0.4 is 4.74 Å². The molecule has 0 heterocycles. The minimum atomic E-state index is -0.0965. The van der Waals surface area contributed by atoms with Gasteiger partial charge in [-0.3, -0.25) is 0 Å². The third kappa shape index (κ3) is 1.58. The molecule has 0 amide bonds. The third-order valence-corrected chi connectivity index (χ3v) is 5.92. The number of benzene rings is 1. The second-order valence-corrected chi connectivity index (χ2v) is 7.21. The van der Waals surface area contributed by atoms with E-state index in [1.807, 2.05) is 6.07 Å². The lowest BCUT2D eigenvalue weighted by molar-refractivity contribution is -0.00632. The van der Waals surface area contributed by atoms with E-state index < -0.39 is 0 Å². The van der Waals surface area contributed by atoms with Crippen molar-refractivity contribution < 1.29 is 14.9 Å². The van der Waals surface area contributed by atoms with E-state index in [0.29, 0.717) is 5.75 Å². The predicted octanol–water partition coefficient (Wildman–Crippen LogP) is 3.57. The van der Waals surface area contributed by atoms with E-state index in [9.17, 15) is 10.2 Å². The van der Waals surface area contributed by atoms with Gasteiger partial charge in [0.25, 0.3) is 0 Å². The Balaban J connectivity index is 1.83. The van der Waals surface area contributed by atoms with E-state index in [4.69, 9.17) is 4.74 Å². The monoisotopic (exact) mass is 274 g/mol. The van der Waals surface area contributed by atoms with Crippen molar-refractivity contribution in [3.8, 4) is 17.2 Å². The zero-order valence-corrected chi connectivity index (χ0v) is 11.9. The molecule has 0 unspecified atom stereocenters. The van der Waals surface area contributed by atoms with Crippen LogP contribution in [0.3, 0.4) is 0 Å². The lowest BCUT2D eigenvalue weighted by atomic mass is 9.48. The summed E-state index contributed by atoms with van der Waals surface area (Å²) in [6.45, 7) is 0. The first-order valence-corrected chi connectivity index (χ1v) is 7.71. The maximum atomic E-state index is 10.1. The Morgan fingerprint density at radius 1 is 1.00 bits per heavy atom. The van der Waals surface area contributed by atoms with Gasteiger partial charge < -0.3 is 14.9 Å². The summed E-state index contributed by atoms with van der Waals surface area (Å²) in [5.41, 5.74) is 1.29. The molecule has 0 aromatic heterocycles. The summed E-state index contributed by atoms with van der Waals surface area (Å²) in [7, 11) is 1.58. The van der Waals surface area contributed by atoms with Crippen molar-refractivity contribution in [2.75, 3.05) is 7.11 Å². The molecule has 3 nitrogen and oxygen atoms in total. The minimum absolute atomic E-state index is 0.0877. The fourth-order valence-corrected chi connectivity index (χ4v) is 5.63. The Morgan fingerprint density at radius 2 is 1.55 bits per heavy atom. The summed E-state index contributed by atoms with van der Waals surface area (Å²) in [4.78, 5) is 0. The third-order valence-electron chi connectivity index (χ3n) is 5.92. The quantitative estimate of drug-likeness (QED) is 0.810. The van der Waals surface area contributed by atoms with Gasteiger partial charge in [0.05, 0.1) is 7.11 Å². The molecule has 108 valence electrons. The number of hydrogen-bond donors (Lipinski definition) is 2. The molecule has 1 aromatic rings. The highest BCUT2D eigenvalue weighted by Crippen LogP contribution is 2.62. The second-order valence-electron chi connectivity index (χ2n) is 7.21. The molecule has 0 aliphatic heterocycles. The first-order valence-electron chi connectivity index (χ1n) is 7.71. The van der Waals surface area contributed by atoms with Crippen molar-refractivity contribution in [3.63, 3.8) is 0 Å². The van der Waals surface area contributed by atoms with Gasteiger partial charge >= 0.3 is 0 Å². The normalized spacial score (nSPS) is 38.1. The Morgan fingerprint density at radius 3 is 2.05 bits per heavy atom. The van der Waals surface area contributed by atoms with Crippen molar-refractivity contribution >= 4 is 0 Å². The number of ether oxygens (including phenoxy) is 1. The summed E-state index contributed by atoms with van der Waals surface area (Å²) < 4.78 is 5.44. The van der Waals surface area contributed by atoms with Crippen molar-refractivity contribution in [2.45, 2.75) is 43.9 Å². The van der Waals surface area contributed by atoms with Crippen LogP contribution in [0.15, 0.2) is 12.1 Å². The van der Waals surface area contributed by atoms with Crippen molar-refractivity contribution in [1.29, 1.82) is 0 Å². The highest BCUT2D eigenvalue weighted by atomic mass is 16.5. The maximum Gasteiger partial charge on any atom is 0.200 e. The Bertz CT molecular complexity index is 514. The molecule has 4 fully saturated rings. The van der Waals surface area contributed by atoms with E-state index in [2.05, 4.69) is 0 Å². The number of aromatic hydroxyl groups is 2. The fraction of sp³-hybridized carbons (Fsp3) is 0.647. The van der Waals surface area contributed by atoms with Crippen LogP contribution >= 0.6 is 0 Å². The molecule has 0 atom stereocenters. The topological polar surface area (TPSA) is 49.7 Å². The Hall–Kier alpha value is -1.38. The summed E-state index contributed by atoms with van der Waals surface area (Å²) in [5.74, 6) is 2.86. The minimum Gasteiger partial charge on any atom is -0.504 e. The molecular weight excluding hydrogens is 252 g/mol. The van der Waals surface area contributed by atoms with Crippen LogP contribution in [-0.2, 0) is 5.41 Å². The molecule has 3 heteroatoms. The molecule has 20 heavy (non-hydrogen) atoms. The molecule has 0 saturated heterocycles. The summed E-state index contributed by atoms with van der Waals surface area (Å²) >= 11 is 0. The molecule has 4 saturated carbocycles. The van der Waals surface area contributed by atoms with Crippen LogP contribution in [0.25, 0.3) is 0 Å². The van der Waals surface area contributed by atoms with Crippen molar-refractivity contribution in [2.24, 2.45) is 17.8 Å². The van der Waals surface area contributed by atoms with E-state index >= 15 is 0 Å². The van der Waals surface area contributed by atoms with Crippen LogP contribution in [0.2, 0.25) is 0 Å². The largest absolute Gasteiger partial charge is 0.504 e. The van der Waals surface area contributed by atoms with Crippen LogP contribution in [0, 0.1) is 17.8 Å². The molecule has 1 aromatic carbocycles. The van der Waals surface area contributed by atoms with Gasteiger partial charge in [0.1, 0.15) is 0 Å². The Labute approximate surface area is 119 Å². The fourth-order valence-electron chi connectivity index (χ4n) is 5.63. The van der Waals surface area contributed by atoms with Crippen molar-refractivity contribution in [1.82, 2.24) is 0 Å². The molecule has 2 N–H and O–H groups in total. The lowest BCUT2D eigenvalue weighted by Gasteiger charge is -2.57. The van der Waals surface area contributed by atoms with Crippen LogP contribution in [-0.4, -0.2) is 17.3 Å². The summed E-state index contributed by atoms with van der Waals surface area (Å²) in [6.07, 6.45) is 7.85. The first-order chi connectivity index (χ1) is 9.61. The molecular formula is C17H22O3. The average Bonchev–Trinajstić information content (AvgIpc) is 2.40. The van der Waals surface area contributed by atoms with Crippen molar-refractivity contribution in [3.05, 3.63) is 17.7 Å². The average molecular weight is 274 g/mol. The van der Waals surface area contributed by atoms with Gasteiger partial charge in [-0.25, -0.2) is 0 Å². The zero-order chi connectivity index (χ0) is 13.9. The molecule has 5 rings (SSSR count). The summed E-state index contributed by atoms with van der Waals surface area (Å²) in [5, 5.41) is 19.8. The highest BCUT2D eigenvalue weighted by Gasteiger charge is 2.52. The smallest absolute Gasteiger partial charge is 0.200 e. The van der Waals surface area contributed by atoms with E-state index in [0.717, 1.165) is 23.3 Å². The Kier molecular flexibility index (Phi) is 2.51. The number of phenols is 2. The lowest BCUT2D eigenvalue weighted by Crippen LogP contribution is -2.48. The van der Waals surface area contributed by atoms with Gasteiger partial charge in [0, 0.05) is 5.56 Å². The zero-order valence-electron chi connectivity index (χ0n) is 11.9. The van der Waals surface area contributed by atoms with Gasteiger partial charge in [0.15, 0.2) is 11.5 Å². The van der Waals surface area contributed by atoms with E-state index in [-0.39, 0.29) is 16.9 Å². The second kappa shape index (κ2) is 4.06. The molecule has 4 bridgehead atoms. The predicted molar refractivity (Wildman–Crippen MR) is 76.2 cm³/mol. The van der Waals surface area contributed by atoms with Gasteiger partial charge in [0.2, 0.25) is 5.75 Å². The van der Waals surface area contributed by atoms with Crippen LogP contribution in [0.5, 0.6) is 17.2 Å². The number of phenolic OH excluding ortho intramolecular Hbond substituents is 2. The molecule has 4 aliphatic carbocycles. The van der Waals surface area contributed by atoms with Crippen LogP contribution in [0.1, 0.15) is 44.1 Å². The summed E-state index contributed by atoms with van der Waals surface area (Å²) in [6, 6.07) is 3.59. The first kappa shape index (κ1) is 12.4. The van der Waals surface area contributed by atoms with Gasteiger partial charge in [-0.15, -0.1) is 0 Å². The number of methoxy groups -OCH3 is 1. The SMILES string of the molecule is COc1c(C23CC4CC(CC(C4)C2)C3)ccc(O)c1O. The van der Waals surface area contributed by atoms with E-state index in [1.165, 1.54) is 38.5 Å². The highest BCUT2D eigenvalue weighted by molar-refractivity contribution is 5.57. The van der Waals surface area contributed by atoms with Crippen LogP contribution in [0.4, 0.5) is 0 Å². The standard InChI is InChI=1S/C17H22O3/c1-20-16-13(2-3-14(18)15(16)19)17-7-10-4-11(8-17)6-12(5-10)9-17/h2-3,10-12,18-19H,4-9H2,1H3. The number of hydrogen-bond acceptors (Lipinski definition) is 3. The maximum absolute atomic E-state index is 10.1. The molecule has 4 aliphatic rings. The van der Waals surface area contributed by atoms with Gasteiger partial charge in [-0.1, -0.05) is 6.07 Å². The van der Waals surface area contributed by atoms with E-state index in [1.54, 1.807) is 13.2 Å². The van der Waals surface area contributed by atoms with Gasteiger partial charge in [-0.2, -0.15) is 0 Å². The number of rotatable bonds is 2.